The number of rotatable bonds is 6. The Hall–Kier alpha value is -4.01. The van der Waals surface area contributed by atoms with E-state index in [-0.39, 0.29) is 35.9 Å². The van der Waals surface area contributed by atoms with Gasteiger partial charge in [-0.05, 0) is 30.7 Å². The second-order valence-corrected chi connectivity index (χ2v) is 7.85. The third-order valence-electron chi connectivity index (χ3n) is 5.17. The molecule has 0 fully saturated rings. The highest BCUT2D eigenvalue weighted by Crippen LogP contribution is 2.30. The summed E-state index contributed by atoms with van der Waals surface area (Å²) in [7, 11) is 0. The number of benzene rings is 2. The highest BCUT2D eigenvalue weighted by atomic mass is 16.5. The minimum Gasteiger partial charge on any atom is -0.334 e. The van der Waals surface area contributed by atoms with Gasteiger partial charge in [0.2, 0.25) is 5.91 Å². The average Bonchev–Trinajstić information content (AvgIpc) is 3.27. The average molecular weight is 433 g/mol. The third-order valence-corrected chi connectivity index (χ3v) is 5.17. The number of anilines is 1. The molecule has 2 aromatic heterocycles. The van der Waals surface area contributed by atoms with Crippen molar-refractivity contribution < 1.29 is 9.32 Å². The SMILES string of the molecule is Cc1cccc(-c2nc(C(C)C)no2)c1NC(=O)CCn1[nH]c(=O)c2ccccc2c1=O. The molecule has 9 nitrogen and oxygen atoms in total. The molecular formula is C23H23N5O4. The fraction of sp³-hybridized carbons (Fsp3) is 0.261. The van der Waals surface area contributed by atoms with E-state index < -0.39 is 0 Å². The number of aryl methyl sites for hydroxylation is 2. The Labute approximate surface area is 183 Å². The number of para-hydroxylation sites is 1. The van der Waals surface area contributed by atoms with E-state index >= 15 is 0 Å². The monoisotopic (exact) mass is 433 g/mol. The molecule has 2 aromatic carbocycles. The molecule has 32 heavy (non-hydrogen) atoms. The predicted octanol–water partition coefficient (Wildman–Crippen LogP) is 3.20. The lowest BCUT2D eigenvalue weighted by Gasteiger charge is -2.12. The summed E-state index contributed by atoms with van der Waals surface area (Å²) in [6.07, 6.45) is -0.0109. The van der Waals surface area contributed by atoms with Gasteiger partial charge in [-0.1, -0.05) is 43.3 Å². The van der Waals surface area contributed by atoms with E-state index in [2.05, 4.69) is 20.6 Å². The van der Waals surface area contributed by atoms with Crippen molar-refractivity contribution in [3.63, 3.8) is 0 Å². The van der Waals surface area contributed by atoms with Crippen LogP contribution in [0.25, 0.3) is 22.2 Å². The summed E-state index contributed by atoms with van der Waals surface area (Å²) in [5.41, 5.74) is 1.29. The summed E-state index contributed by atoms with van der Waals surface area (Å²) in [5.74, 6) is 0.698. The van der Waals surface area contributed by atoms with E-state index in [1.165, 1.54) is 0 Å². The molecule has 0 aliphatic rings. The van der Waals surface area contributed by atoms with Crippen LogP contribution in [0.3, 0.4) is 0 Å². The van der Waals surface area contributed by atoms with Crippen LogP contribution in [0.5, 0.6) is 0 Å². The van der Waals surface area contributed by atoms with Crippen LogP contribution >= 0.6 is 0 Å². The van der Waals surface area contributed by atoms with Gasteiger partial charge in [-0.15, -0.1) is 0 Å². The highest BCUT2D eigenvalue weighted by Gasteiger charge is 2.18. The Bertz CT molecular complexity index is 1410. The summed E-state index contributed by atoms with van der Waals surface area (Å²) >= 11 is 0. The summed E-state index contributed by atoms with van der Waals surface area (Å²) < 4.78 is 6.55. The number of hydrogen-bond acceptors (Lipinski definition) is 6. The quantitative estimate of drug-likeness (QED) is 0.481. The second-order valence-electron chi connectivity index (χ2n) is 7.85. The van der Waals surface area contributed by atoms with Crippen molar-refractivity contribution in [1.29, 1.82) is 0 Å². The molecular weight excluding hydrogens is 410 g/mol. The molecule has 0 bridgehead atoms. The molecule has 0 saturated carbocycles. The molecule has 0 atom stereocenters. The first-order chi connectivity index (χ1) is 15.3. The van der Waals surface area contributed by atoms with Crippen LogP contribution in [0.1, 0.15) is 37.6 Å². The van der Waals surface area contributed by atoms with Crippen molar-refractivity contribution in [3.05, 3.63) is 74.6 Å². The van der Waals surface area contributed by atoms with Gasteiger partial charge in [0, 0.05) is 12.3 Å². The Morgan fingerprint density at radius 2 is 1.88 bits per heavy atom. The molecule has 4 rings (SSSR count). The van der Waals surface area contributed by atoms with Crippen LogP contribution in [0.4, 0.5) is 5.69 Å². The number of aromatic amines is 1. The Morgan fingerprint density at radius 1 is 1.12 bits per heavy atom. The number of nitrogens with zero attached hydrogens (tertiary/aromatic N) is 3. The molecule has 0 spiro atoms. The first-order valence-electron chi connectivity index (χ1n) is 10.3. The van der Waals surface area contributed by atoms with Crippen molar-refractivity contribution in [2.75, 3.05) is 5.32 Å². The summed E-state index contributed by atoms with van der Waals surface area (Å²) in [5, 5.41) is 10.0. The number of amides is 1. The number of nitrogens with one attached hydrogen (secondary N) is 2. The normalized spacial score (nSPS) is 11.2. The second kappa shape index (κ2) is 8.62. The number of aromatic nitrogens is 4. The zero-order chi connectivity index (χ0) is 22.8. The van der Waals surface area contributed by atoms with Gasteiger partial charge in [-0.2, -0.15) is 4.98 Å². The number of hydrogen-bond donors (Lipinski definition) is 2. The van der Waals surface area contributed by atoms with E-state index in [0.29, 0.717) is 33.7 Å². The Morgan fingerprint density at radius 3 is 2.59 bits per heavy atom. The molecule has 164 valence electrons. The number of H-pyrrole nitrogens is 1. The van der Waals surface area contributed by atoms with Crippen LogP contribution in [0, 0.1) is 6.92 Å². The molecule has 2 heterocycles. The molecule has 0 unspecified atom stereocenters. The van der Waals surface area contributed by atoms with Crippen molar-refractivity contribution in [2.24, 2.45) is 0 Å². The van der Waals surface area contributed by atoms with E-state index in [9.17, 15) is 14.4 Å². The summed E-state index contributed by atoms with van der Waals surface area (Å²) in [6, 6.07) is 12.1. The van der Waals surface area contributed by atoms with E-state index in [0.717, 1.165) is 10.2 Å². The lowest BCUT2D eigenvalue weighted by molar-refractivity contribution is -0.116. The van der Waals surface area contributed by atoms with E-state index in [1.807, 2.05) is 32.9 Å². The number of carbonyl (C=O) groups is 1. The molecule has 0 saturated heterocycles. The highest BCUT2D eigenvalue weighted by molar-refractivity contribution is 5.95. The maximum atomic E-state index is 12.7. The van der Waals surface area contributed by atoms with Gasteiger partial charge in [0.15, 0.2) is 5.82 Å². The lowest BCUT2D eigenvalue weighted by Crippen LogP contribution is -2.31. The summed E-state index contributed by atoms with van der Waals surface area (Å²) in [4.78, 5) is 42.0. The molecule has 0 aliphatic carbocycles. The largest absolute Gasteiger partial charge is 0.334 e. The standard InChI is InChI=1S/C23H23N5O4/c1-13(2)20-25-22(32-27-20)17-10-6-7-14(3)19(17)24-18(29)11-12-28-23(31)16-9-5-4-8-15(16)21(30)26-28/h4-10,13H,11-12H2,1-3H3,(H,24,29)(H,26,30). The predicted molar refractivity (Wildman–Crippen MR) is 121 cm³/mol. The van der Waals surface area contributed by atoms with Gasteiger partial charge in [0.1, 0.15) is 0 Å². The van der Waals surface area contributed by atoms with Gasteiger partial charge >= 0.3 is 0 Å². The van der Waals surface area contributed by atoms with Gasteiger partial charge in [-0.3, -0.25) is 19.5 Å². The molecule has 2 N–H and O–H groups in total. The van der Waals surface area contributed by atoms with Crippen LogP contribution < -0.4 is 16.4 Å². The molecule has 1 amide bonds. The minimum atomic E-state index is -0.376. The molecule has 4 aromatic rings. The Kier molecular flexibility index (Phi) is 5.72. The van der Waals surface area contributed by atoms with Gasteiger partial charge in [0.05, 0.1) is 28.6 Å². The van der Waals surface area contributed by atoms with E-state index in [4.69, 9.17) is 4.52 Å². The van der Waals surface area contributed by atoms with Crippen molar-refractivity contribution in [3.8, 4) is 11.5 Å². The van der Waals surface area contributed by atoms with Crippen LogP contribution in [0.15, 0.2) is 56.6 Å². The summed E-state index contributed by atoms with van der Waals surface area (Å²) in [6.45, 7) is 5.83. The van der Waals surface area contributed by atoms with Gasteiger partial charge < -0.3 is 9.84 Å². The lowest BCUT2D eigenvalue weighted by atomic mass is 10.1. The van der Waals surface area contributed by atoms with Crippen molar-refractivity contribution in [2.45, 2.75) is 39.7 Å². The van der Waals surface area contributed by atoms with Crippen LogP contribution in [-0.2, 0) is 11.3 Å². The maximum Gasteiger partial charge on any atom is 0.273 e. The Balaban J connectivity index is 1.55. The number of carbonyl (C=O) groups excluding carboxylic acids is 1. The van der Waals surface area contributed by atoms with E-state index in [1.54, 1.807) is 30.3 Å². The van der Waals surface area contributed by atoms with Crippen molar-refractivity contribution >= 4 is 22.4 Å². The smallest absolute Gasteiger partial charge is 0.273 e. The van der Waals surface area contributed by atoms with Gasteiger partial charge in [0.25, 0.3) is 17.0 Å². The zero-order valence-electron chi connectivity index (χ0n) is 18.0. The molecule has 9 heteroatoms. The molecule has 0 radical (unpaired) electrons. The van der Waals surface area contributed by atoms with Crippen molar-refractivity contribution in [1.82, 2.24) is 19.9 Å². The van der Waals surface area contributed by atoms with Gasteiger partial charge in [-0.25, -0.2) is 4.68 Å². The first-order valence-corrected chi connectivity index (χ1v) is 10.3. The maximum absolute atomic E-state index is 12.7. The fourth-order valence-electron chi connectivity index (χ4n) is 3.41. The zero-order valence-corrected chi connectivity index (χ0v) is 18.0. The van der Waals surface area contributed by atoms with Crippen LogP contribution in [-0.4, -0.2) is 25.8 Å². The molecule has 0 aliphatic heterocycles. The number of fused-ring (bicyclic) bond motifs is 1. The minimum absolute atomic E-state index is 0.0109. The third kappa shape index (κ3) is 4.09. The first kappa shape index (κ1) is 21.2. The van der Waals surface area contributed by atoms with Crippen LogP contribution in [0.2, 0.25) is 0 Å². The topological polar surface area (TPSA) is 123 Å². The fourth-order valence-corrected chi connectivity index (χ4v) is 3.41.